The minimum absolute atomic E-state index is 0.0789. The zero-order valence-corrected chi connectivity index (χ0v) is 17.9. The Hall–Kier alpha value is -2.19. The number of benzene rings is 2. The van der Waals surface area contributed by atoms with Crippen LogP contribution in [0.4, 0.5) is 5.13 Å². The SMILES string of the molecule is Cc1ccc2sc(N(Cc3ccco3)C(=O)c3ccccc3I)nc2c1C. The van der Waals surface area contributed by atoms with Crippen LogP contribution < -0.4 is 4.90 Å². The lowest BCUT2D eigenvalue weighted by Gasteiger charge is -2.19. The average molecular weight is 488 g/mol. The van der Waals surface area contributed by atoms with Crippen molar-refractivity contribution in [1.29, 1.82) is 0 Å². The molecule has 2 aromatic heterocycles. The normalized spacial score (nSPS) is 11.1. The third-order valence-corrected chi connectivity index (χ3v) is 6.53. The van der Waals surface area contributed by atoms with Crippen LogP contribution in [0.5, 0.6) is 0 Å². The van der Waals surface area contributed by atoms with Gasteiger partial charge in [-0.15, -0.1) is 0 Å². The van der Waals surface area contributed by atoms with E-state index in [0.29, 0.717) is 17.2 Å². The highest BCUT2D eigenvalue weighted by atomic mass is 127. The molecule has 0 N–H and O–H groups in total. The summed E-state index contributed by atoms with van der Waals surface area (Å²) in [4.78, 5) is 19.9. The van der Waals surface area contributed by atoms with Gasteiger partial charge in [-0.1, -0.05) is 29.5 Å². The van der Waals surface area contributed by atoms with Gasteiger partial charge in [0, 0.05) is 3.57 Å². The number of furan rings is 1. The van der Waals surface area contributed by atoms with Crippen molar-refractivity contribution in [2.75, 3.05) is 4.90 Å². The average Bonchev–Trinajstić information content (AvgIpc) is 3.32. The smallest absolute Gasteiger partial charge is 0.261 e. The number of hydrogen-bond donors (Lipinski definition) is 0. The van der Waals surface area contributed by atoms with E-state index in [0.717, 1.165) is 25.1 Å². The molecule has 27 heavy (non-hydrogen) atoms. The Morgan fingerprint density at radius 2 is 1.96 bits per heavy atom. The minimum Gasteiger partial charge on any atom is -0.467 e. The molecule has 4 aromatic rings. The second-order valence-corrected chi connectivity index (χ2v) is 8.47. The van der Waals surface area contributed by atoms with Crippen molar-refractivity contribution in [3.05, 3.63) is 80.8 Å². The van der Waals surface area contributed by atoms with Crippen LogP contribution >= 0.6 is 33.9 Å². The molecule has 2 heterocycles. The largest absolute Gasteiger partial charge is 0.467 e. The molecule has 0 fully saturated rings. The number of anilines is 1. The predicted molar refractivity (Wildman–Crippen MR) is 117 cm³/mol. The number of carbonyl (C=O) groups is 1. The van der Waals surface area contributed by atoms with Crippen LogP contribution in [-0.2, 0) is 6.54 Å². The molecule has 6 heteroatoms. The fourth-order valence-corrected chi connectivity index (χ4v) is 4.54. The first-order valence-corrected chi connectivity index (χ1v) is 10.4. The Kier molecular flexibility index (Phi) is 5.01. The number of aromatic nitrogens is 1. The van der Waals surface area contributed by atoms with Gasteiger partial charge in [-0.25, -0.2) is 4.98 Å². The maximum atomic E-state index is 13.4. The number of thiazole rings is 1. The topological polar surface area (TPSA) is 46.3 Å². The van der Waals surface area contributed by atoms with E-state index in [2.05, 4.69) is 48.6 Å². The Bertz CT molecular complexity index is 1120. The first kappa shape index (κ1) is 18.2. The summed E-state index contributed by atoms with van der Waals surface area (Å²) in [6.45, 7) is 4.49. The third-order valence-electron chi connectivity index (χ3n) is 4.55. The molecule has 0 aliphatic rings. The van der Waals surface area contributed by atoms with Crippen molar-refractivity contribution >= 4 is 55.2 Å². The van der Waals surface area contributed by atoms with Crippen LogP contribution in [0.2, 0.25) is 0 Å². The summed E-state index contributed by atoms with van der Waals surface area (Å²) in [5.41, 5.74) is 3.96. The van der Waals surface area contributed by atoms with Crippen LogP contribution in [0, 0.1) is 17.4 Å². The molecule has 0 saturated heterocycles. The Labute approximate surface area is 175 Å². The Balaban J connectivity index is 1.82. The van der Waals surface area contributed by atoms with E-state index in [4.69, 9.17) is 9.40 Å². The van der Waals surface area contributed by atoms with Gasteiger partial charge in [0.25, 0.3) is 5.91 Å². The predicted octanol–water partition coefficient (Wildman–Crippen LogP) is 5.96. The number of hydrogen-bond acceptors (Lipinski definition) is 4. The third kappa shape index (κ3) is 3.51. The molecule has 136 valence electrons. The molecule has 1 amide bonds. The molecular formula is C21H17IN2O2S. The van der Waals surface area contributed by atoms with Gasteiger partial charge in [0.2, 0.25) is 0 Å². The van der Waals surface area contributed by atoms with Gasteiger partial charge in [0.15, 0.2) is 5.13 Å². The van der Waals surface area contributed by atoms with Gasteiger partial charge >= 0.3 is 0 Å². The molecule has 0 spiro atoms. The number of halogens is 1. The van der Waals surface area contributed by atoms with Crippen molar-refractivity contribution < 1.29 is 9.21 Å². The van der Waals surface area contributed by atoms with Gasteiger partial charge in [-0.05, 0) is 77.9 Å². The summed E-state index contributed by atoms with van der Waals surface area (Å²) in [6.07, 6.45) is 1.62. The van der Waals surface area contributed by atoms with Gasteiger partial charge < -0.3 is 4.42 Å². The highest BCUT2D eigenvalue weighted by Crippen LogP contribution is 2.33. The van der Waals surface area contributed by atoms with E-state index >= 15 is 0 Å². The number of fused-ring (bicyclic) bond motifs is 1. The quantitative estimate of drug-likeness (QED) is 0.333. The fourth-order valence-electron chi connectivity index (χ4n) is 2.89. The lowest BCUT2D eigenvalue weighted by atomic mass is 10.1. The Morgan fingerprint density at radius 1 is 1.15 bits per heavy atom. The summed E-state index contributed by atoms with van der Waals surface area (Å²) in [5, 5.41) is 0.680. The number of nitrogens with zero attached hydrogens (tertiary/aromatic N) is 2. The summed E-state index contributed by atoms with van der Waals surface area (Å²) < 4.78 is 7.49. The van der Waals surface area contributed by atoms with E-state index in [1.54, 1.807) is 11.2 Å². The zero-order chi connectivity index (χ0) is 19.0. The van der Waals surface area contributed by atoms with E-state index < -0.39 is 0 Å². The summed E-state index contributed by atoms with van der Waals surface area (Å²) in [5.74, 6) is 0.645. The molecule has 0 aliphatic carbocycles. The van der Waals surface area contributed by atoms with Gasteiger partial charge in [0.1, 0.15) is 5.76 Å². The number of rotatable bonds is 4. The van der Waals surface area contributed by atoms with Crippen molar-refractivity contribution in [3.63, 3.8) is 0 Å². The second-order valence-electron chi connectivity index (χ2n) is 6.30. The van der Waals surface area contributed by atoms with Crippen LogP contribution in [-0.4, -0.2) is 10.9 Å². The van der Waals surface area contributed by atoms with Gasteiger partial charge in [0.05, 0.1) is 28.6 Å². The van der Waals surface area contributed by atoms with Crippen molar-refractivity contribution in [1.82, 2.24) is 4.98 Å². The van der Waals surface area contributed by atoms with Crippen LogP contribution in [0.15, 0.2) is 59.2 Å². The molecule has 0 saturated carbocycles. The number of aryl methyl sites for hydroxylation is 2. The van der Waals surface area contributed by atoms with Crippen molar-refractivity contribution in [2.24, 2.45) is 0 Å². The molecule has 0 aliphatic heterocycles. The summed E-state index contributed by atoms with van der Waals surface area (Å²) >= 11 is 3.72. The highest BCUT2D eigenvalue weighted by molar-refractivity contribution is 14.1. The second kappa shape index (κ2) is 7.44. The van der Waals surface area contributed by atoms with Crippen LogP contribution in [0.3, 0.4) is 0 Å². The Morgan fingerprint density at radius 3 is 2.70 bits per heavy atom. The lowest BCUT2D eigenvalue weighted by Crippen LogP contribution is -2.30. The highest BCUT2D eigenvalue weighted by Gasteiger charge is 2.24. The van der Waals surface area contributed by atoms with E-state index in [9.17, 15) is 4.79 Å². The lowest BCUT2D eigenvalue weighted by molar-refractivity contribution is 0.0982. The summed E-state index contributed by atoms with van der Waals surface area (Å²) in [7, 11) is 0. The van der Waals surface area contributed by atoms with Gasteiger partial charge in [-0.3, -0.25) is 9.69 Å². The number of amides is 1. The standard InChI is InChI=1S/C21H17IN2O2S/c1-13-9-10-18-19(14(13)2)23-21(27-18)24(12-15-6-5-11-26-15)20(25)16-7-3-4-8-17(16)22/h3-11H,12H2,1-2H3. The maximum Gasteiger partial charge on any atom is 0.261 e. The van der Waals surface area contributed by atoms with E-state index in [1.165, 1.54) is 16.9 Å². The first-order valence-electron chi connectivity index (χ1n) is 8.50. The molecule has 0 radical (unpaired) electrons. The zero-order valence-electron chi connectivity index (χ0n) is 14.9. The molecule has 0 bridgehead atoms. The monoisotopic (exact) mass is 488 g/mol. The van der Waals surface area contributed by atoms with Crippen molar-refractivity contribution in [3.8, 4) is 0 Å². The number of carbonyl (C=O) groups excluding carboxylic acids is 1. The fraction of sp³-hybridized carbons (Fsp3) is 0.143. The van der Waals surface area contributed by atoms with Gasteiger partial charge in [-0.2, -0.15) is 0 Å². The van der Waals surface area contributed by atoms with Crippen molar-refractivity contribution in [2.45, 2.75) is 20.4 Å². The van der Waals surface area contributed by atoms with Crippen LogP contribution in [0.1, 0.15) is 27.2 Å². The maximum absolute atomic E-state index is 13.4. The first-order chi connectivity index (χ1) is 13.0. The molecule has 4 rings (SSSR count). The van der Waals surface area contributed by atoms with E-state index in [1.807, 2.05) is 36.4 Å². The molecule has 0 unspecified atom stereocenters. The minimum atomic E-state index is -0.0789. The molecule has 2 aromatic carbocycles. The molecule has 0 atom stereocenters. The van der Waals surface area contributed by atoms with Crippen LogP contribution in [0.25, 0.3) is 10.2 Å². The van der Waals surface area contributed by atoms with E-state index in [-0.39, 0.29) is 5.91 Å². The molecule has 4 nitrogen and oxygen atoms in total. The summed E-state index contributed by atoms with van der Waals surface area (Å²) in [6, 6.07) is 15.5. The molecular weight excluding hydrogens is 471 g/mol.